The smallest absolute Gasteiger partial charge is 0.321 e. The molecule has 8 heteroatoms. The quantitative estimate of drug-likeness (QED) is 0.837. The first kappa shape index (κ1) is 18.9. The average molecular weight is 370 g/mol. The van der Waals surface area contributed by atoms with Crippen molar-refractivity contribution in [2.45, 2.75) is 25.5 Å². The third-order valence-corrected chi connectivity index (χ3v) is 4.57. The normalized spacial score (nSPS) is 15.3. The maximum Gasteiger partial charge on any atom is 0.321 e. The molecule has 0 radical (unpaired) electrons. The first-order valence-corrected chi connectivity index (χ1v) is 9.03. The summed E-state index contributed by atoms with van der Waals surface area (Å²) in [5.74, 6) is 1.04. The number of likely N-dealkylation sites (tertiary alicyclic amines) is 1. The molecule has 0 aliphatic carbocycles. The molecule has 2 aromatic rings. The Hall–Kier alpha value is -2.87. The van der Waals surface area contributed by atoms with Gasteiger partial charge in [-0.3, -0.25) is 0 Å². The predicted octanol–water partition coefficient (Wildman–Crippen LogP) is 2.20. The van der Waals surface area contributed by atoms with E-state index in [2.05, 4.69) is 27.2 Å². The molecule has 1 aliphatic rings. The maximum atomic E-state index is 12.3. The number of piperidine rings is 1. The summed E-state index contributed by atoms with van der Waals surface area (Å²) in [5, 5.41) is 2.87. The van der Waals surface area contributed by atoms with Crippen LogP contribution in [-0.2, 0) is 6.54 Å². The van der Waals surface area contributed by atoms with E-state index in [0.717, 1.165) is 42.9 Å². The summed E-state index contributed by atoms with van der Waals surface area (Å²) in [5.41, 5.74) is 7.00. The second-order valence-electron chi connectivity index (χ2n) is 6.88. The van der Waals surface area contributed by atoms with Gasteiger partial charge in [-0.05, 0) is 44.2 Å². The molecule has 1 aliphatic heterocycles. The Morgan fingerprint density at radius 3 is 2.52 bits per heavy atom. The molecule has 0 saturated carbocycles. The molecule has 27 heavy (non-hydrogen) atoms. The zero-order valence-corrected chi connectivity index (χ0v) is 15.8. The van der Waals surface area contributed by atoms with Crippen molar-refractivity contribution in [1.29, 1.82) is 0 Å². The Kier molecular flexibility index (Phi) is 6.08. The minimum atomic E-state index is -0.212. The first-order chi connectivity index (χ1) is 13.0. The number of anilines is 2. The lowest BCUT2D eigenvalue weighted by molar-refractivity contribution is 0.114. The zero-order valence-electron chi connectivity index (χ0n) is 15.8. The van der Waals surface area contributed by atoms with Gasteiger partial charge >= 0.3 is 6.03 Å². The molecular formula is C19H26N6O2. The number of nitrogens with two attached hydrogens (primary N) is 1. The van der Waals surface area contributed by atoms with E-state index >= 15 is 0 Å². The highest BCUT2D eigenvalue weighted by Gasteiger charge is 2.18. The number of rotatable bonds is 5. The highest BCUT2D eigenvalue weighted by molar-refractivity contribution is 5.89. The van der Waals surface area contributed by atoms with Gasteiger partial charge in [-0.25, -0.2) is 14.8 Å². The van der Waals surface area contributed by atoms with Crippen LogP contribution in [0.1, 0.15) is 18.4 Å². The third kappa shape index (κ3) is 5.55. The lowest BCUT2D eigenvalue weighted by Crippen LogP contribution is -2.35. The summed E-state index contributed by atoms with van der Waals surface area (Å²) < 4.78 is 6.03. The summed E-state index contributed by atoms with van der Waals surface area (Å²) in [6.07, 6.45) is 5.56. The predicted molar refractivity (Wildman–Crippen MR) is 105 cm³/mol. The molecule has 2 heterocycles. The topological polar surface area (TPSA) is 96.6 Å². The fraction of sp³-hybridized carbons (Fsp3) is 0.421. The minimum absolute atomic E-state index is 0.212. The lowest BCUT2D eigenvalue weighted by atomic mass is 10.1. The number of aromatic nitrogens is 2. The lowest BCUT2D eigenvalue weighted by Gasteiger charge is -2.29. The van der Waals surface area contributed by atoms with Gasteiger partial charge in [-0.1, -0.05) is 0 Å². The van der Waals surface area contributed by atoms with Crippen molar-refractivity contribution in [3.63, 3.8) is 0 Å². The molecule has 1 aromatic carbocycles. The fourth-order valence-corrected chi connectivity index (χ4v) is 2.92. The summed E-state index contributed by atoms with van der Waals surface area (Å²) in [7, 11) is 3.84. The van der Waals surface area contributed by atoms with E-state index in [1.165, 1.54) is 0 Å². The molecule has 0 spiro atoms. The highest BCUT2D eigenvalue weighted by atomic mass is 16.5. The van der Waals surface area contributed by atoms with Crippen molar-refractivity contribution >= 4 is 17.7 Å². The van der Waals surface area contributed by atoms with Gasteiger partial charge in [0.1, 0.15) is 11.9 Å². The van der Waals surface area contributed by atoms with Gasteiger partial charge in [0.2, 0.25) is 5.95 Å². The van der Waals surface area contributed by atoms with Crippen molar-refractivity contribution in [3.8, 4) is 5.75 Å². The minimum Gasteiger partial charge on any atom is -0.490 e. The maximum absolute atomic E-state index is 12.3. The van der Waals surface area contributed by atoms with E-state index in [9.17, 15) is 4.79 Å². The number of ether oxygens (including phenoxy) is 1. The number of carbonyl (C=O) groups is 1. The van der Waals surface area contributed by atoms with Gasteiger partial charge in [0.25, 0.3) is 0 Å². The molecule has 8 nitrogen and oxygen atoms in total. The number of amides is 2. The van der Waals surface area contributed by atoms with E-state index in [0.29, 0.717) is 6.54 Å². The number of benzene rings is 1. The van der Waals surface area contributed by atoms with Crippen LogP contribution < -0.4 is 15.8 Å². The number of hydrogen-bond acceptors (Lipinski definition) is 6. The molecule has 3 rings (SSSR count). The van der Waals surface area contributed by atoms with Gasteiger partial charge in [-0.15, -0.1) is 0 Å². The molecule has 1 fully saturated rings. The highest BCUT2D eigenvalue weighted by Crippen LogP contribution is 2.21. The van der Waals surface area contributed by atoms with Crippen LogP contribution in [0.2, 0.25) is 0 Å². The Bertz CT molecular complexity index is 742. The van der Waals surface area contributed by atoms with Crippen LogP contribution in [0.3, 0.4) is 0 Å². The standard InChI is InChI=1S/C19H26N6O2/c1-24-9-7-17(8-10-24)27-16-5-3-15(4-6-16)23-19(26)25(2)13-14-11-21-18(20)22-12-14/h3-6,11-12,17H,7-10,13H2,1-2H3,(H,23,26)(H2,20,21,22). The van der Waals surface area contributed by atoms with Crippen molar-refractivity contribution in [1.82, 2.24) is 19.8 Å². The largest absolute Gasteiger partial charge is 0.490 e. The van der Waals surface area contributed by atoms with E-state index in [1.807, 2.05) is 24.3 Å². The number of nitrogens with one attached hydrogen (secondary N) is 1. The summed E-state index contributed by atoms with van der Waals surface area (Å²) in [4.78, 5) is 24.1. The molecule has 1 aromatic heterocycles. The molecule has 2 amide bonds. The third-order valence-electron chi connectivity index (χ3n) is 4.57. The second-order valence-corrected chi connectivity index (χ2v) is 6.88. The van der Waals surface area contributed by atoms with E-state index in [1.54, 1.807) is 24.3 Å². The molecule has 0 atom stereocenters. The molecule has 0 bridgehead atoms. The number of urea groups is 1. The van der Waals surface area contributed by atoms with Crippen LogP contribution in [0.15, 0.2) is 36.7 Å². The van der Waals surface area contributed by atoms with Gasteiger partial charge in [-0.2, -0.15) is 0 Å². The molecule has 144 valence electrons. The van der Waals surface area contributed by atoms with Crippen molar-refractivity contribution < 1.29 is 9.53 Å². The zero-order chi connectivity index (χ0) is 19.2. The first-order valence-electron chi connectivity index (χ1n) is 9.03. The van der Waals surface area contributed by atoms with Gasteiger partial charge in [0.05, 0.1) is 6.54 Å². The van der Waals surface area contributed by atoms with E-state index in [-0.39, 0.29) is 18.1 Å². The number of nitrogen functional groups attached to an aromatic ring is 1. The summed E-state index contributed by atoms with van der Waals surface area (Å²) in [6.45, 7) is 2.51. The summed E-state index contributed by atoms with van der Waals surface area (Å²) in [6, 6.07) is 7.27. The number of hydrogen-bond donors (Lipinski definition) is 2. The van der Waals surface area contributed by atoms with Gasteiger partial charge in [0.15, 0.2) is 0 Å². The average Bonchev–Trinajstić information content (AvgIpc) is 2.67. The summed E-state index contributed by atoms with van der Waals surface area (Å²) >= 11 is 0. The Labute approximate surface area is 159 Å². The molecule has 0 unspecified atom stereocenters. The Balaban J connectivity index is 1.49. The second kappa shape index (κ2) is 8.68. The Morgan fingerprint density at radius 1 is 1.26 bits per heavy atom. The van der Waals surface area contributed by atoms with Crippen LogP contribution in [-0.4, -0.2) is 59.1 Å². The molecule has 3 N–H and O–H groups in total. The van der Waals surface area contributed by atoms with Crippen LogP contribution in [0.5, 0.6) is 5.75 Å². The van der Waals surface area contributed by atoms with Crippen LogP contribution in [0.25, 0.3) is 0 Å². The van der Waals surface area contributed by atoms with Gasteiger partial charge in [0, 0.05) is 43.8 Å². The van der Waals surface area contributed by atoms with Gasteiger partial charge < -0.3 is 25.6 Å². The van der Waals surface area contributed by atoms with E-state index < -0.39 is 0 Å². The van der Waals surface area contributed by atoms with Crippen molar-refractivity contribution in [2.75, 3.05) is 38.2 Å². The van der Waals surface area contributed by atoms with Crippen LogP contribution >= 0.6 is 0 Å². The van der Waals surface area contributed by atoms with Crippen molar-refractivity contribution in [2.24, 2.45) is 0 Å². The van der Waals surface area contributed by atoms with E-state index in [4.69, 9.17) is 10.5 Å². The fourth-order valence-electron chi connectivity index (χ4n) is 2.92. The van der Waals surface area contributed by atoms with Crippen LogP contribution in [0, 0.1) is 0 Å². The number of nitrogens with zero attached hydrogens (tertiary/aromatic N) is 4. The molecular weight excluding hydrogens is 344 g/mol. The molecule has 1 saturated heterocycles. The monoisotopic (exact) mass is 370 g/mol. The SMILES string of the molecule is CN1CCC(Oc2ccc(NC(=O)N(C)Cc3cnc(N)nc3)cc2)CC1. The van der Waals surface area contributed by atoms with Crippen LogP contribution in [0.4, 0.5) is 16.4 Å². The van der Waals surface area contributed by atoms with Crippen molar-refractivity contribution in [3.05, 3.63) is 42.2 Å². The number of carbonyl (C=O) groups excluding carboxylic acids is 1. The Morgan fingerprint density at radius 2 is 1.89 bits per heavy atom.